The first-order valence-corrected chi connectivity index (χ1v) is 6.89. The third-order valence-corrected chi connectivity index (χ3v) is 3.54. The van der Waals surface area contributed by atoms with Crippen LogP contribution in [0.15, 0.2) is 34.7 Å². The molecule has 3 rings (SSSR count). The van der Waals surface area contributed by atoms with Crippen molar-refractivity contribution in [1.82, 2.24) is 5.32 Å². The second-order valence-electron chi connectivity index (χ2n) is 5.08. The molecule has 0 bridgehead atoms. The lowest BCUT2D eigenvalue weighted by Crippen LogP contribution is -2.21. The Labute approximate surface area is 118 Å². The Morgan fingerprint density at radius 1 is 1.35 bits per heavy atom. The van der Waals surface area contributed by atoms with Crippen LogP contribution in [0.3, 0.4) is 0 Å². The number of fused-ring (bicyclic) bond motifs is 1. The molecule has 0 saturated heterocycles. The molecule has 1 unspecified atom stereocenters. The van der Waals surface area contributed by atoms with Gasteiger partial charge in [0.2, 0.25) is 5.91 Å². The van der Waals surface area contributed by atoms with Gasteiger partial charge in [0.15, 0.2) is 0 Å². The molecule has 1 atom stereocenters. The highest BCUT2D eigenvalue weighted by atomic mass is 16.3. The molecule has 4 heteroatoms. The number of furan rings is 1. The van der Waals surface area contributed by atoms with Crippen molar-refractivity contribution in [1.29, 1.82) is 0 Å². The molecule has 2 heterocycles. The predicted molar refractivity (Wildman–Crippen MR) is 77.7 cm³/mol. The Morgan fingerprint density at radius 2 is 2.20 bits per heavy atom. The van der Waals surface area contributed by atoms with Crippen molar-refractivity contribution in [3.63, 3.8) is 0 Å². The molecule has 1 aromatic carbocycles. The van der Waals surface area contributed by atoms with Gasteiger partial charge < -0.3 is 15.1 Å². The molecule has 0 fully saturated rings. The molecule has 0 saturated carbocycles. The minimum atomic E-state index is 0.0229. The Balaban J connectivity index is 1.96. The lowest BCUT2D eigenvalue weighted by Gasteiger charge is -2.17. The predicted octanol–water partition coefficient (Wildman–Crippen LogP) is 2.78. The van der Waals surface area contributed by atoms with Crippen molar-refractivity contribution in [2.75, 3.05) is 11.9 Å². The van der Waals surface area contributed by atoms with Gasteiger partial charge in [-0.3, -0.25) is 4.79 Å². The Morgan fingerprint density at radius 3 is 2.90 bits per heavy atom. The Kier molecular flexibility index (Phi) is 3.32. The van der Waals surface area contributed by atoms with E-state index in [-0.39, 0.29) is 11.9 Å². The quantitative estimate of drug-likeness (QED) is 0.898. The molecule has 20 heavy (non-hydrogen) atoms. The maximum Gasteiger partial charge on any atom is 0.228 e. The van der Waals surface area contributed by atoms with E-state index in [4.69, 9.17) is 4.42 Å². The summed E-state index contributed by atoms with van der Waals surface area (Å²) in [7, 11) is 0. The summed E-state index contributed by atoms with van der Waals surface area (Å²) in [5.41, 5.74) is 3.10. The van der Waals surface area contributed by atoms with E-state index in [1.807, 2.05) is 31.2 Å². The average Bonchev–Trinajstić information content (AvgIpc) is 3.00. The molecule has 0 aliphatic carbocycles. The second kappa shape index (κ2) is 5.13. The summed E-state index contributed by atoms with van der Waals surface area (Å²) in [6, 6.07) is 10.1. The van der Waals surface area contributed by atoms with E-state index in [2.05, 4.69) is 23.6 Å². The highest BCUT2D eigenvalue weighted by Crippen LogP contribution is 2.30. The van der Waals surface area contributed by atoms with Crippen LogP contribution in [-0.2, 0) is 11.2 Å². The van der Waals surface area contributed by atoms with Crippen LogP contribution in [-0.4, -0.2) is 12.5 Å². The van der Waals surface area contributed by atoms with E-state index in [1.165, 1.54) is 0 Å². The van der Waals surface area contributed by atoms with Gasteiger partial charge in [-0.2, -0.15) is 0 Å². The second-order valence-corrected chi connectivity index (χ2v) is 5.08. The molecule has 4 nitrogen and oxygen atoms in total. The molecule has 1 aliphatic heterocycles. The van der Waals surface area contributed by atoms with E-state index in [0.717, 1.165) is 34.9 Å². The van der Waals surface area contributed by atoms with Crippen LogP contribution in [0.5, 0.6) is 0 Å². The van der Waals surface area contributed by atoms with Crippen molar-refractivity contribution in [2.24, 2.45) is 0 Å². The first-order chi connectivity index (χ1) is 9.67. The molecule has 0 radical (unpaired) electrons. The van der Waals surface area contributed by atoms with Crippen LogP contribution >= 0.6 is 0 Å². The fraction of sp³-hybridized carbons (Fsp3) is 0.312. The van der Waals surface area contributed by atoms with Gasteiger partial charge >= 0.3 is 0 Å². The molecular formula is C16H18N2O2. The highest BCUT2D eigenvalue weighted by Gasteiger charge is 2.22. The Bertz CT molecular complexity index is 646. The van der Waals surface area contributed by atoms with E-state index in [9.17, 15) is 4.79 Å². The maximum absolute atomic E-state index is 11.4. The fourth-order valence-corrected chi connectivity index (χ4v) is 2.62. The SMILES string of the molecule is CCNC(c1ccc2c(c1)CC(=O)N2)c1ccc(C)o1. The fourth-order valence-electron chi connectivity index (χ4n) is 2.62. The number of benzene rings is 1. The standard InChI is InChI=1S/C16H18N2O2/c1-3-17-16(14-7-4-10(2)20-14)11-5-6-13-12(8-11)9-15(19)18-13/h4-8,16-17H,3,9H2,1-2H3,(H,18,19). The number of aryl methyl sites for hydroxylation is 1. The van der Waals surface area contributed by atoms with E-state index >= 15 is 0 Å². The number of hydrogen-bond acceptors (Lipinski definition) is 3. The van der Waals surface area contributed by atoms with Crippen molar-refractivity contribution in [3.8, 4) is 0 Å². The van der Waals surface area contributed by atoms with Gasteiger partial charge in [0.05, 0.1) is 12.5 Å². The first kappa shape index (κ1) is 12.9. The van der Waals surface area contributed by atoms with Gasteiger partial charge in [-0.1, -0.05) is 19.1 Å². The molecule has 1 aromatic heterocycles. The Hall–Kier alpha value is -2.07. The van der Waals surface area contributed by atoms with Gasteiger partial charge in [0, 0.05) is 5.69 Å². The minimum Gasteiger partial charge on any atom is -0.464 e. The van der Waals surface area contributed by atoms with Crippen molar-refractivity contribution in [3.05, 3.63) is 53.0 Å². The molecule has 2 aromatic rings. The topological polar surface area (TPSA) is 54.3 Å². The molecule has 1 amide bonds. The number of anilines is 1. The summed E-state index contributed by atoms with van der Waals surface area (Å²) in [5.74, 6) is 1.87. The lowest BCUT2D eigenvalue weighted by atomic mass is 10.0. The average molecular weight is 270 g/mol. The van der Waals surface area contributed by atoms with Crippen molar-refractivity contribution in [2.45, 2.75) is 26.3 Å². The minimum absolute atomic E-state index is 0.0229. The monoisotopic (exact) mass is 270 g/mol. The van der Waals surface area contributed by atoms with Gasteiger partial charge in [-0.05, 0) is 42.8 Å². The van der Waals surface area contributed by atoms with E-state index in [1.54, 1.807) is 0 Å². The summed E-state index contributed by atoms with van der Waals surface area (Å²) in [5, 5.41) is 6.29. The van der Waals surface area contributed by atoms with Crippen LogP contribution in [0.2, 0.25) is 0 Å². The van der Waals surface area contributed by atoms with Crippen LogP contribution < -0.4 is 10.6 Å². The van der Waals surface area contributed by atoms with Crippen LogP contribution in [0.25, 0.3) is 0 Å². The summed E-state index contributed by atoms with van der Waals surface area (Å²) in [6.07, 6.45) is 0.458. The highest BCUT2D eigenvalue weighted by molar-refractivity contribution is 5.99. The summed E-state index contributed by atoms with van der Waals surface area (Å²) in [6.45, 7) is 4.86. The number of carbonyl (C=O) groups is 1. The van der Waals surface area contributed by atoms with E-state index in [0.29, 0.717) is 6.42 Å². The molecule has 104 valence electrons. The normalized spacial score (nSPS) is 15.0. The maximum atomic E-state index is 11.4. The zero-order chi connectivity index (χ0) is 14.1. The summed E-state index contributed by atoms with van der Waals surface area (Å²) < 4.78 is 5.75. The third-order valence-electron chi connectivity index (χ3n) is 3.54. The van der Waals surface area contributed by atoms with Crippen LogP contribution in [0, 0.1) is 6.92 Å². The number of rotatable bonds is 4. The molecule has 2 N–H and O–H groups in total. The molecular weight excluding hydrogens is 252 g/mol. The number of carbonyl (C=O) groups excluding carboxylic acids is 1. The summed E-state index contributed by atoms with van der Waals surface area (Å²) >= 11 is 0. The lowest BCUT2D eigenvalue weighted by molar-refractivity contribution is -0.115. The zero-order valence-corrected chi connectivity index (χ0v) is 11.7. The van der Waals surface area contributed by atoms with Gasteiger partial charge in [0.1, 0.15) is 11.5 Å². The van der Waals surface area contributed by atoms with Gasteiger partial charge in [-0.15, -0.1) is 0 Å². The van der Waals surface area contributed by atoms with Gasteiger partial charge in [-0.25, -0.2) is 0 Å². The van der Waals surface area contributed by atoms with E-state index < -0.39 is 0 Å². The summed E-state index contributed by atoms with van der Waals surface area (Å²) in [4.78, 5) is 11.4. The van der Waals surface area contributed by atoms with Gasteiger partial charge in [0.25, 0.3) is 0 Å². The molecule has 0 spiro atoms. The smallest absolute Gasteiger partial charge is 0.228 e. The zero-order valence-electron chi connectivity index (χ0n) is 11.7. The number of hydrogen-bond donors (Lipinski definition) is 2. The van der Waals surface area contributed by atoms with Crippen molar-refractivity contribution >= 4 is 11.6 Å². The third kappa shape index (κ3) is 2.34. The number of amides is 1. The van der Waals surface area contributed by atoms with Crippen molar-refractivity contribution < 1.29 is 9.21 Å². The number of nitrogens with one attached hydrogen (secondary N) is 2. The molecule has 1 aliphatic rings. The first-order valence-electron chi connectivity index (χ1n) is 6.89. The largest absolute Gasteiger partial charge is 0.464 e. The van der Waals surface area contributed by atoms with Crippen LogP contribution in [0.4, 0.5) is 5.69 Å². The van der Waals surface area contributed by atoms with Crippen LogP contribution in [0.1, 0.15) is 35.6 Å².